The molecule has 0 atom stereocenters. The molecular formula is C18H21NO3. The van der Waals surface area contributed by atoms with Crippen LogP contribution in [0, 0.1) is 0 Å². The molecule has 1 N–H and O–H groups in total. The lowest BCUT2D eigenvalue weighted by atomic mass is 10.1. The van der Waals surface area contributed by atoms with Crippen molar-refractivity contribution in [3.8, 4) is 11.5 Å². The number of anilines is 1. The molecule has 0 heterocycles. The number of amides is 1. The number of methoxy groups -OCH3 is 1. The van der Waals surface area contributed by atoms with E-state index in [-0.39, 0.29) is 5.91 Å². The fourth-order valence-corrected chi connectivity index (χ4v) is 2.10. The van der Waals surface area contributed by atoms with Gasteiger partial charge in [-0.05, 0) is 42.3 Å². The van der Waals surface area contributed by atoms with Crippen molar-refractivity contribution in [2.75, 3.05) is 19.0 Å². The zero-order valence-corrected chi connectivity index (χ0v) is 13.0. The normalized spacial score (nSPS) is 10.1. The summed E-state index contributed by atoms with van der Waals surface area (Å²) in [5.74, 6) is 1.46. The molecule has 4 heteroatoms. The number of nitrogens with one attached hydrogen (secondary N) is 1. The molecule has 0 aliphatic carbocycles. The first-order valence-electron chi connectivity index (χ1n) is 7.37. The zero-order chi connectivity index (χ0) is 15.8. The Kier molecular flexibility index (Phi) is 5.83. The van der Waals surface area contributed by atoms with E-state index in [2.05, 4.69) is 12.2 Å². The van der Waals surface area contributed by atoms with E-state index in [0.717, 1.165) is 29.2 Å². The summed E-state index contributed by atoms with van der Waals surface area (Å²) < 4.78 is 10.6. The lowest BCUT2D eigenvalue weighted by Crippen LogP contribution is -2.16. The highest BCUT2D eigenvalue weighted by Gasteiger charge is 2.06. The van der Waals surface area contributed by atoms with Crippen molar-refractivity contribution >= 4 is 11.6 Å². The van der Waals surface area contributed by atoms with E-state index >= 15 is 0 Å². The van der Waals surface area contributed by atoms with Gasteiger partial charge in [-0.1, -0.05) is 25.1 Å². The predicted octanol–water partition coefficient (Wildman–Crippen LogP) is 3.67. The van der Waals surface area contributed by atoms with Crippen LogP contribution >= 0.6 is 0 Å². The van der Waals surface area contributed by atoms with Gasteiger partial charge in [0.05, 0.1) is 20.1 Å². The van der Waals surface area contributed by atoms with Crippen LogP contribution in [0.25, 0.3) is 0 Å². The molecule has 2 aromatic rings. The van der Waals surface area contributed by atoms with E-state index in [4.69, 9.17) is 9.47 Å². The molecule has 0 aliphatic rings. The van der Waals surface area contributed by atoms with Gasteiger partial charge >= 0.3 is 0 Å². The number of aryl methyl sites for hydroxylation is 1. The van der Waals surface area contributed by atoms with E-state index in [1.54, 1.807) is 7.11 Å². The average Bonchev–Trinajstić information content (AvgIpc) is 2.56. The Bertz CT molecular complexity index is 608. The van der Waals surface area contributed by atoms with Gasteiger partial charge in [0, 0.05) is 5.69 Å². The van der Waals surface area contributed by atoms with Crippen molar-refractivity contribution in [1.29, 1.82) is 0 Å². The van der Waals surface area contributed by atoms with Crippen molar-refractivity contribution in [2.45, 2.75) is 19.8 Å². The number of hydrogen-bond acceptors (Lipinski definition) is 3. The van der Waals surface area contributed by atoms with Crippen LogP contribution in [0.4, 0.5) is 5.69 Å². The average molecular weight is 299 g/mol. The maximum absolute atomic E-state index is 12.0. The van der Waals surface area contributed by atoms with Gasteiger partial charge in [-0.3, -0.25) is 4.79 Å². The molecule has 4 nitrogen and oxygen atoms in total. The Morgan fingerprint density at radius 3 is 2.41 bits per heavy atom. The van der Waals surface area contributed by atoms with E-state index in [1.165, 1.54) is 0 Å². The number of benzene rings is 2. The summed E-state index contributed by atoms with van der Waals surface area (Å²) >= 11 is 0. The number of carbonyl (C=O) groups excluding carboxylic acids is 1. The van der Waals surface area contributed by atoms with E-state index in [0.29, 0.717) is 13.0 Å². The summed E-state index contributed by atoms with van der Waals surface area (Å²) in [4.78, 5) is 12.0. The van der Waals surface area contributed by atoms with Crippen LogP contribution in [0.2, 0.25) is 0 Å². The molecule has 2 aromatic carbocycles. The third-order valence-corrected chi connectivity index (χ3v) is 3.33. The Hall–Kier alpha value is -2.49. The van der Waals surface area contributed by atoms with Crippen LogP contribution in [0.15, 0.2) is 48.5 Å². The van der Waals surface area contributed by atoms with Crippen molar-refractivity contribution in [3.05, 3.63) is 54.1 Å². The molecule has 0 aliphatic heterocycles. The van der Waals surface area contributed by atoms with Crippen LogP contribution in [-0.2, 0) is 11.2 Å². The largest absolute Gasteiger partial charge is 0.497 e. The number of carbonyl (C=O) groups is 1. The summed E-state index contributed by atoms with van der Waals surface area (Å²) in [5.41, 5.74) is 2.01. The number of para-hydroxylation sites is 1. The minimum absolute atomic E-state index is 0.0468. The smallest absolute Gasteiger partial charge is 0.227 e. The van der Waals surface area contributed by atoms with Crippen LogP contribution in [0.3, 0.4) is 0 Å². The molecule has 2 rings (SSSR count). The van der Waals surface area contributed by atoms with Crippen LogP contribution < -0.4 is 14.8 Å². The Morgan fingerprint density at radius 1 is 1.05 bits per heavy atom. The molecule has 0 unspecified atom stereocenters. The SMILES string of the molecule is CCc1ccccc1NC(=O)CCOc1ccc(OC)cc1. The topological polar surface area (TPSA) is 47.6 Å². The monoisotopic (exact) mass is 299 g/mol. The van der Waals surface area contributed by atoms with Gasteiger partial charge in [-0.25, -0.2) is 0 Å². The molecule has 0 spiro atoms. The maximum atomic E-state index is 12.0. The lowest BCUT2D eigenvalue weighted by molar-refractivity contribution is -0.116. The summed E-state index contributed by atoms with van der Waals surface area (Å²) in [6, 6.07) is 15.1. The van der Waals surface area contributed by atoms with Crippen molar-refractivity contribution in [2.24, 2.45) is 0 Å². The predicted molar refractivity (Wildman–Crippen MR) is 87.6 cm³/mol. The van der Waals surface area contributed by atoms with E-state index in [9.17, 15) is 4.79 Å². The number of ether oxygens (including phenoxy) is 2. The Balaban J connectivity index is 1.80. The molecule has 22 heavy (non-hydrogen) atoms. The molecule has 1 amide bonds. The second-order valence-corrected chi connectivity index (χ2v) is 4.83. The van der Waals surface area contributed by atoms with Gasteiger partial charge < -0.3 is 14.8 Å². The van der Waals surface area contributed by atoms with E-state index < -0.39 is 0 Å². The van der Waals surface area contributed by atoms with Crippen LogP contribution in [0.1, 0.15) is 18.9 Å². The quantitative estimate of drug-likeness (QED) is 0.848. The van der Waals surface area contributed by atoms with E-state index in [1.807, 2.05) is 48.5 Å². The van der Waals surface area contributed by atoms with Gasteiger partial charge in [0.25, 0.3) is 0 Å². The first-order valence-corrected chi connectivity index (χ1v) is 7.37. The van der Waals surface area contributed by atoms with Crippen molar-refractivity contribution in [1.82, 2.24) is 0 Å². The Morgan fingerprint density at radius 2 is 1.73 bits per heavy atom. The zero-order valence-electron chi connectivity index (χ0n) is 13.0. The van der Waals surface area contributed by atoms with Gasteiger partial charge in [-0.2, -0.15) is 0 Å². The van der Waals surface area contributed by atoms with Crippen molar-refractivity contribution in [3.63, 3.8) is 0 Å². The summed E-state index contributed by atoms with van der Waals surface area (Å²) in [7, 11) is 1.62. The molecule has 0 fully saturated rings. The highest BCUT2D eigenvalue weighted by atomic mass is 16.5. The first-order chi connectivity index (χ1) is 10.7. The summed E-state index contributed by atoms with van der Waals surface area (Å²) in [5, 5.41) is 2.93. The van der Waals surface area contributed by atoms with Gasteiger partial charge in [0.15, 0.2) is 0 Å². The molecule has 0 radical (unpaired) electrons. The van der Waals surface area contributed by atoms with Gasteiger partial charge in [-0.15, -0.1) is 0 Å². The Labute approximate surface area is 131 Å². The fourth-order valence-electron chi connectivity index (χ4n) is 2.10. The fraction of sp³-hybridized carbons (Fsp3) is 0.278. The van der Waals surface area contributed by atoms with Gasteiger partial charge in [0.2, 0.25) is 5.91 Å². The third kappa shape index (κ3) is 4.52. The standard InChI is InChI=1S/C18H21NO3/c1-3-14-6-4-5-7-17(14)19-18(20)12-13-22-16-10-8-15(21-2)9-11-16/h4-11H,3,12-13H2,1-2H3,(H,19,20). The third-order valence-electron chi connectivity index (χ3n) is 3.33. The molecule has 0 aromatic heterocycles. The van der Waals surface area contributed by atoms with Gasteiger partial charge in [0.1, 0.15) is 11.5 Å². The van der Waals surface area contributed by atoms with Crippen molar-refractivity contribution < 1.29 is 14.3 Å². The highest BCUT2D eigenvalue weighted by Crippen LogP contribution is 2.18. The number of hydrogen-bond donors (Lipinski definition) is 1. The molecule has 0 saturated carbocycles. The molecule has 0 saturated heterocycles. The highest BCUT2D eigenvalue weighted by molar-refractivity contribution is 5.91. The summed E-state index contributed by atoms with van der Waals surface area (Å²) in [6.07, 6.45) is 1.20. The number of rotatable bonds is 7. The summed E-state index contributed by atoms with van der Waals surface area (Å²) in [6.45, 7) is 2.41. The molecule has 116 valence electrons. The minimum atomic E-state index is -0.0468. The van der Waals surface area contributed by atoms with Crippen LogP contribution in [0.5, 0.6) is 11.5 Å². The second kappa shape index (κ2) is 8.08. The maximum Gasteiger partial charge on any atom is 0.227 e. The first kappa shape index (κ1) is 15.9. The lowest BCUT2D eigenvalue weighted by Gasteiger charge is -2.10. The molecular weight excluding hydrogens is 278 g/mol. The minimum Gasteiger partial charge on any atom is -0.497 e. The molecule has 0 bridgehead atoms. The van der Waals surface area contributed by atoms with Crippen LogP contribution in [-0.4, -0.2) is 19.6 Å². The second-order valence-electron chi connectivity index (χ2n) is 4.83.